The van der Waals surface area contributed by atoms with Crippen LogP contribution in [0, 0.1) is 5.82 Å². The molecule has 0 spiro atoms. The largest absolute Gasteiger partial charge is 0.484 e. The molecule has 2 aromatic carbocycles. The highest BCUT2D eigenvalue weighted by Gasteiger charge is 2.13. The second kappa shape index (κ2) is 6.37. The summed E-state index contributed by atoms with van der Waals surface area (Å²) in [5.41, 5.74) is 6.56. The highest BCUT2D eigenvalue weighted by atomic mass is 79.9. The summed E-state index contributed by atoms with van der Waals surface area (Å²) in [6.45, 7) is 0.276. The standard InChI is InChI=1S/C14H12BrClFNO/c15-12-5-4-11(7-13(12)17)19-14(8-18)9-2-1-3-10(16)6-9/h1-7,14H,8,18H2. The molecule has 2 rings (SSSR count). The minimum absolute atomic E-state index is 0.276. The third kappa shape index (κ3) is 3.69. The van der Waals surface area contributed by atoms with Crippen molar-refractivity contribution >= 4 is 27.5 Å². The first-order valence-corrected chi connectivity index (χ1v) is 6.84. The maximum Gasteiger partial charge on any atom is 0.141 e. The Hall–Kier alpha value is -1.10. The number of hydrogen-bond donors (Lipinski definition) is 1. The van der Waals surface area contributed by atoms with Crippen LogP contribution >= 0.6 is 27.5 Å². The molecule has 19 heavy (non-hydrogen) atoms. The van der Waals surface area contributed by atoms with Gasteiger partial charge in [-0.15, -0.1) is 0 Å². The summed E-state index contributed by atoms with van der Waals surface area (Å²) in [6, 6.07) is 11.9. The first kappa shape index (κ1) is 14.3. The molecule has 0 saturated heterocycles. The molecule has 0 aromatic heterocycles. The van der Waals surface area contributed by atoms with Crippen LogP contribution in [0.15, 0.2) is 46.9 Å². The van der Waals surface area contributed by atoms with E-state index in [1.807, 2.05) is 12.1 Å². The lowest BCUT2D eigenvalue weighted by atomic mass is 10.1. The molecule has 0 aliphatic heterocycles. The van der Waals surface area contributed by atoms with Crippen molar-refractivity contribution < 1.29 is 9.13 Å². The van der Waals surface area contributed by atoms with Crippen LogP contribution in [-0.4, -0.2) is 6.54 Å². The van der Waals surface area contributed by atoms with Gasteiger partial charge in [-0.2, -0.15) is 0 Å². The van der Waals surface area contributed by atoms with Gasteiger partial charge >= 0.3 is 0 Å². The quantitative estimate of drug-likeness (QED) is 0.896. The van der Waals surface area contributed by atoms with Gasteiger partial charge in [-0.1, -0.05) is 23.7 Å². The fraction of sp³-hybridized carbons (Fsp3) is 0.143. The summed E-state index contributed by atoms with van der Waals surface area (Å²) >= 11 is 9.03. The average molecular weight is 345 g/mol. The predicted octanol–water partition coefficient (Wildman–Crippen LogP) is 4.32. The Balaban J connectivity index is 2.21. The fourth-order valence-corrected chi connectivity index (χ4v) is 2.12. The van der Waals surface area contributed by atoms with Gasteiger partial charge in [0.25, 0.3) is 0 Å². The zero-order valence-electron chi connectivity index (χ0n) is 9.95. The molecule has 2 nitrogen and oxygen atoms in total. The summed E-state index contributed by atoms with van der Waals surface area (Å²) in [5, 5.41) is 0.613. The van der Waals surface area contributed by atoms with Crippen LogP contribution in [0.4, 0.5) is 4.39 Å². The lowest BCUT2D eigenvalue weighted by Crippen LogP contribution is -2.18. The van der Waals surface area contributed by atoms with E-state index in [2.05, 4.69) is 15.9 Å². The van der Waals surface area contributed by atoms with Crippen LogP contribution in [0.2, 0.25) is 5.02 Å². The van der Waals surface area contributed by atoms with E-state index in [9.17, 15) is 4.39 Å². The van der Waals surface area contributed by atoms with Gasteiger partial charge in [-0.3, -0.25) is 0 Å². The third-order valence-corrected chi connectivity index (χ3v) is 3.48. The minimum Gasteiger partial charge on any atom is -0.484 e. The monoisotopic (exact) mass is 343 g/mol. The summed E-state index contributed by atoms with van der Waals surface area (Å²) < 4.78 is 19.5. The Bertz CT molecular complexity index is 579. The molecule has 5 heteroatoms. The summed E-state index contributed by atoms with van der Waals surface area (Å²) in [4.78, 5) is 0. The number of hydrogen-bond acceptors (Lipinski definition) is 2. The Morgan fingerprint density at radius 1 is 1.26 bits per heavy atom. The smallest absolute Gasteiger partial charge is 0.141 e. The van der Waals surface area contributed by atoms with Crippen LogP contribution in [0.25, 0.3) is 0 Å². The van der Waals surface area contributed by atoms with Crippen LogP contribution in [0.5, 0.6) is 5.75 Å². The van der Waals surface area contributed by atoms with E-state index >= 15 is 0 Å². The second-order valence-electron chi connectivity index (χ2n) is 3.97. The van der Waals surface area contributed by atoms with Crippen molar-refractivity contribution in [3.63, 3.8) is 0 Å². The van der Waals surface area contributed by atoms with Crippen molar-refractivity contribution in [2.24, 2.45) is 5.73 Å². The molecule has 100 valence electrons. The topological polar surface area (TPSA) is 35.2 Å². The van der Waals surface area contributed by atoms with E-state index in [-0.39, 0.29) is 18.5 Å². The molecule has 0 aliphatic carbocycles. The number of nitrogens with two attached hydrogens (primary N) is 1. The second-order valence-corrected chi connectivity index (χ2v) is 5.26. The van der Waals surface area contributed by atoms with E-state index in [4.69, 9.17) is 22.1 Å². The Morgan fingerprint density at radius 3 is 2.68 bits per heavy atom. The molecule has 0 radical (unpaired) electrons. The molecule has 2 aromatic rings. The molecule has 2 N–H and O–H groups in total. The highest BCUT2D eigenvalue weighted by molar-refractivity contribution is 9.10. The Labute approximate surface area is 124 Å². The lowest BCUT2D eigenvalue weighted by Gasteiger charge is -2.18. The van der Waals surface area contributed by atoms with Gasteiger partial charge in [0.2, 0.25) is 0 Å². The Kier molecular flexibility index (Phi) is 4.80. The maximum atomic E-state index is 13.4. The SMILES string of the molecule is NCC(Oc1ccc(Br)c(F)c1)c1cccc(Cl)c1. The maximum absolute atomic E-state index is 13.4. The minimum atomic E-state index is -0.376. The average Bonchev–Trinajstić information content (AvgIpc) is 2.40. The van der Waals surface area contributed by atoms with E-state index in [1.54, 1.807) is 24.3 Å². The van der Waals surface area contributed by atoms with Gasteiger partial charge in [0.1, 0.15) is 17.7 Å². The lowest BCUT2D eigenvalue weighted by molar-refractivity contribution is 0.213. The molecule has 0 heterocycles. The first-order valence-electron chi connectivity index (χ1n) is 5.67. The van der Waals surface area contributed by atoms with Crippen LogP contribution < -0.4 is 10.5 Å². The van der Waals surface area contributed by atoms with E-state index in [0.717, 1.165) is 5.56 Å². The number of halogens is 3. The zero-order valence-corrected chi connectivity index (χ0v) is 12.3. The third-order valence-electron chi connectivity index (χ3n) is 2.60. The van der Waals surface area contributed by atoms with Crippen LogP contribution in [0.3, 0.4) is 0 Å². The number of benzene rings is 2. The fourth-order valence-electron chi connectivity index (χ4n) is 1.67. The zero-order chi connectivity index (χ0) is 13.8. The van der Waals surface area contributed by atoms with Crippen molar-refractivity contribution in [2.45, 2.75) is 6.10 Å². The summed E-state index contributed by atoms with van der Waals surface area (Å²) in [6.07, 6.45) is -0.362. The molecular weight excluding hydrogens is 333 g/mol. The van der Waals surface area contributed by atoms with Crippen LogP contribution in [-0.2, 0) is 0 Å². The molecule has 0 fully saturated rings. The van der Waals surface area contributed by atoms with Gasteiger partial charge in [-0.05, 0) is 45.8 Å². The number of rotatable bonds is 4. The van der Waals surface area contributed by atoms with E-state index < -0.39 is 0 Å². The van der Waals surface area contributed by atoms with Crippen molar-refractivity contribution in [2.75, 3.05) is 6.54 Å². The molecule has 1 atom stereocenters. The Morgan fingerprint density at radius 2 is 2.05 bits per heavy atom. The van der Waals surface area contributed by atoms with Gasteiger partial charge in [0.15, 0.2) is 0 Å². The highest BCUT2D eigenvalue weighted by Crippen LogP contribution is 2.26. The summed E-state index contributed by atoms with van der Waals surface area (Å²) in [5.74, 6) is 0.0514. The van der Waals surface area contributed by atoms with Crippen molar-refractivity contribution in [1.29, 1.82) is 0 Å². The molecule has 0 saturated carbocycles. The van der Waals surface area contributed by atoms with Crippen molar-refractivity contribution in [1.82, 2.24) is 0 Å². The van der Waals surface area contributed by atoms with Gasteiger partial charge in [-0.25, -0.2) is 4.39 Å². The molecular formula is C14H12BrClFNO. The summed E-state index contributed by atoms with van der Waals surface area (Å²) in [7, 11) is 0. The molecule has 0 aliphatic rings. The van der Waals surface area contributed by atoms with E-state index in [1.165, 1.54) is 6.07 Å². The number of ether oxygens (including phenoxy) is 1. The van der Waals surface area contributed by atoms with Gasteiger partial charge in [0, 0.05) is 17.6 Å². The van der Waals surface area contributed by atoms with Gasteiger partial charge in [0.05, 0.1) is 4.47 Å². The van der Waals surface area contributed by atoms with Crippen LogP contribution in [0.1, 0.15) is 11.7 Å². The van der Waals surface area contributed by atoms with Crippen molar-refractivity contribution in [3.05, 3.63) is 63.3 Å². The molecule has 0 amide bonds. The van der Waals surface area contributed by atoms with Crippen molar-refractivity contribution in [3.8, 4) is 5.75 Å². The van der Waals surface area contributed by atoms with Gasteiger partial charge < -0.3 is 10.5 Å². The predicted molar refractivity (Wildman–Crippen MR) is 78.0 cm³/mol. The normalized spacial score (nSPS) is 12.2. The first-order chi connectivity index (χ1) is 9.10. The molecule has 1 unspecified atom stereocenters. The van der Waals surface area contributed by atoms with E-state index in [0.29, 0.717) is 15.2 Å². The molecule has 0 bridgehead atoms.